The van der Waals surface area contributed by atoms with Crippen molar-refractivity contribution < 1.29 is 9.18 Å². The van der Waals surface area contributed by atoms with Gasteiger partial charge in [0.15, 0.2) is 0 Å². The maximum atomic E-state index is 14.1. The maximum Gasteiger partial charge on any atom is 0.225 e. The minimum atomic E-state index is -0.488. The summed E-state index contributed by atoms with van der Waals surface area (Å²) in [6.45, 7) is 0. The largest absolute Gasteiger partial charge is 0.345 e. The van der Waals surface area contributed by atoms with Crippen molar-refractivity contribution in [1.82, 2.24) is 15.3 Å². The summed E-state index contributed by atoms with van der Waals surface area (Å²) in [7, 11) is 0. The second-order valence-corrected chi connectivity index (χ2v) is 6.87. The van der Waals surface area contributed by atoms with Gasteiger partial charge >= 0.3 is 0 Å². The van der Waals surface area contributed by atoms with Gasteiger partial charge in [-0.25, -0.2) is 9.37 Å². The molecule has 140 valence electrons. The number of benzene rings is 3. The van der Waals surface area contributed by atoms with Crippen molar-refractivity contribution in [3.8, 4) is 0 Å². The van der Waals surface area contributed by atoms with E-state index in [0.717, 1.165) is 22.2 Å². The molecule has 28 heavy (non-hydrogen) atoms. The van der Waals surface area contributed by atoms with Crippen LogP contribution in [-0.2, 0) is 11.2 Å². The fraction of sp³-hybridized carbons (Fsp3) is 0.0909. The van der Waals surface area contributed by atoms with E-state index in [9.17, 15) is 9.18 Å². The van der Waals surface area contributed by atoms with Crippen molar-refractivity contribution in [1.29, 1.82) is 0 Å². The van der Waals surface area contributed by atoms with E-state index in [4.69, 9.17) is 11.6 Å². The second-order valence-electron chi connectivity index (χ2n) is 6.47. The Morgan fingerprint density at radius 3 is 2.68 bits per heavy atom. The average molecular weight is 394 g/mol. The molecule has 2 N–H and O–H groups in total. The first-order chi connectivity index (χ1) is 13.6. The lowest BCUT2D eigenvalue weighted by atomic mass is 9.97. The number of nitrogens with one attached hydrogen (secondary N) is 2. The van der Waals surface area contributed by atoms with Gasteiger partial charge in [-0.1, -0.05) is 54.1 Å². The van der Waals surface area contributed by atoms with Gasteiger partial charge in [-0.2, -0.15) is 0 Å². The molecule has 4 aromatic rings. The first-order valence-electron chi connectivity index (χ1n) is 8.82. The number of nitrogens with zero attached hydrogens (tertiary/aromatic N) is 1. The van der Waals surface area contributed by atoms with Gasteiger partial charge in [-0.3, -0.25) is 4.79 Å². The molecule has 0 aliphatic heterocycles. The van der Waals surface area contributed by atoms with Crippen LogP contribution in [0.15, 0.2) is 73.1 Å². The summed E-state index contributed by atoms with van der Waals surface area (Å²) in [4.78, 5) is 20.0. The smallest absolute Gasteiger partial charge is 0.225 e. The highest BCUT2D eigenvalue weighted by Gasteiger charge is 2.19. The molecule has 0 spiro atoms. The molecular weight excluding hydrogens is 377 g/mol. The molecule has 1 heterocycles. The van der Waals surface area contributed by atoms with E-state index in [1.807, 2.05) is 48.5 Å². The summed E-state index contributed by atoms with van der Waals surface area (Å²) in [5, 5.41) is 3.25. The highest BCUT2D eigenvalue weighted by atomic mass is 35.5. The third kappa shape index (κ3) is 3.75. The molecule has 0 bridgehead atoms. The zero-order chi connectivity index (χ0) is 19.5. The van der Waals surface area contributed by atoms with Gasteiger partial charge in [0.05, 0.1) is 29.8 Å². The molecular formula is C22H17ClFN3O. The third-order valence-corrected chi connectivity index (χ3v) is 4.97. The quantitative estimate of drug-likeness (QED) is 0.511. The van der Waals surface area contributed by atoms with Crippen LogP contribution in [0.2, 0.25) is 5.02 Å². The summed E-state index contributed by atoms with van der Waals surface area (Å²) in [5.41, 5.74) is 3.74. The van der Waals surface area contributed by atoms with E-state index in [1.54, 1.807) is 12.4 Å². The van der Waals surface area contributed by atoms with E-state index in [1.165, 1.54) is 12.1 Å². The monoisotopic (exact) mass is 393 g/mol. The summed E-state index contributed by atoms with van der Waals surface area (Å²) in [6, 6.07) is 19.4. The number of rotatable bonds is 5. The molecule has 0 saturated heterocycles. The van der Waals surface area contributed by atoms with Crippen LogP contribution in [0.1, 0.15) is 22.7 Å². The lowest BCUT2D eigenvalue weighted by Crippen LogP contribution is -2.31. The maximum absolute atomic E-state index is 14.1. The Morgan fingerprint density at radius 2 is 1.89 bits per heavy atom. The van der Waals surface area contributed by atoms with Crippen LogP contribution in [0.25, 0.3) is 11.0 Å². The van der Waals surface area contributed by atoms with Gasteiger partial charge in [-0.15, -0.1) is 0 Å². The van der Waals surface area contributed by atoms with Crippen LogP contribution in [0, 0.1) is 5.82 Å². The summed E-state index contributed by atoms with van der Waals surface area (Å²) in [5.74, 6) is -0.802. The molecule has 6 heteroatoms. The van der Waals surface area contributed by atoms with Crippen molar-refractivity contribution in [2.45, 2.75) is 12.5 Å². The second kappa shape index (κ2) is 7.82. The van der Waals surface area contributed by atoms with Crippen LogP contribution in [-0.4, -0.2) is 15.9 Å². The number of hydrogen-bond acceptors (Lipinski definition) is 2. The van der Waals surface area contributed by atoms with Gasteiger partial charge in [0.25, 0.3) is 0 Å². The molecule has 1 amide bonds. The Balaban J connectivity index is 1.65. The normalized spacial score (nSPS) is 12.1. The standard InChI is InChI=1S/C22H17ClFN3O/c23-17-7-4-8-18(24)16(17)12-21(28)27-22(14-5-2-1-3-6-14)15-9-10-19-20(11-15)26-13-25-19/h1-11,13,22H,12H2,(H,25,26)(H,27,28)/t22-/m1/s1. The Labute approximate surface area is 166 Å². The molecule has 4 rings (SSSR count). The third-order valence-electron chi connectivity index (χ3n) is 4.61. The van der Waals surface area contributed by atoms with E-state index in [2.05, 4.69) is 15.3 Å². The number of H-pyrrole nitrogens is 1. The van der Waals surface area contributed by atoms with Crippen LogP contribution in [0.5, 0.6) is 0 Å². The van der Waals surface area contributed by atoms with Crippen molar-refractivity contribution >= 4 is 28.5 Å². The molecule has 0 saturated carbocycles. The Hall–Kier alpha value is -3.18. The summed E-state index contributed by atoms with van der Waals surface area (Å²) < 4.78 is 14.1. The highest BCUT2D eigenvalue weighted by Crippen LogP contribution is 2.25. The number of amides is 1. The fourth-order valence-electron chi connectivity index (χ4n) is 3.21. The van der Waals surface area contributed by atoms with Crippen molar-refractivity contribution in [2.75, 3.05) is 0 Å². The molecule has 0 fully saturated rings. The van der Waals surface area contributed by atoms with Crippen molar-refractivity contribution in [2.24, 2.45) is 0 Å². The molecule has 0 aliphatic rings. The Kier molecular flexibility index (Phi) is 5.08. The lowest BCUT2D eigenvalue weighted by Gasteiger charge is -2.20. The number of halogens is 2. The first kappa shape index (κ1) is 18.2. The van der Waals surface area contributed by atoms with Gasteiger partial charge in [0.2, 0.25) is 5.91 Å². The van der Waals surface area contributed by atoms with Crippen LogP contribution < -0.4 is 5.32 Å². The Bertz CT molecular complexity index is 1110. The zero-order valence-corrected chi connectivity index (χ0v) is 15.6. The topological polar surface area (TPSA) is 57.8 Å². The Morgan fingerprint density at radius 1 is 1.07 bits per heavy atom. The van der Waals surface area contributed by atoms with Gasteiger partial charge in [0, 0.05) is 10.6 Å². The van der Waals surface area contributed by atoms with E-state index < -0.39 is 5.82 Å². The fourth-order valence-corrected chi connectivity index (χ4v) is 3.44. The number of carbonyl (C=O) groups is 1. The number of carbonyl (C=O) groups excluding carboxylic acids is 1. The van der Waals surface area contributed by atoms with Crippen LogP contribution in [0.3, 0.4) is 0 Å². The van der Waals surface area contributed by atoms with Gasteiger partial charge in [0.1, 0.15) is 5.82 Å². The SMILES string of the molecule is O=C(Cc1c(F)cccc1Cl)N[C@H](c1ccccc1)c1ccc2nc[nH]c2c1. The van der Waals surface area contributed by atoms with Crippen molar-refractivity contribution in [3.63, 3.8) is 0 Å². The predicted molar refractivity (Wildman–Crippen MR) is 108 cm³/mol. The highest BCUT2D eigenvalue weighted by molar-refractivity contribution is 6.31. The number of aromatic nitrogens is 2. The molecule has 0 unspecified atom stereocenters. The summed E-state index contributed by atoms with van der Waals surface area (Å²) in [6.07, 6.45) is 1.49. The van der Waals surface area contributed by atoms with E-state index >= 15 is 0 Å². The number of hydrogen-bond donors (Lipinski definition) is 2. The van der Waals surface area contributed by atoms with Crippen LogP contribution >= 0.6 is 11.6 Å². The lowest BCUT2D eigenvalue weighted by molar-refractivity contribution is -0.121. The molecule has 0 aliphatic carbocycles. The number of aromatic amines is 1. The minimum absolute atomic E-state index is 0.138. The predicted octanol–water partition coefficient (Wildman–Crippen LogP) is 4.80. The number of imidazole rings is 1. The van der Waals surface area contributed by atoms with Gasteiger partial charge < -0.3 is 10.3 Å². The van der Waals surface area contributed by atoms with E-state index in [-0.39, 0.29) is 29.0 Å². The average Bonchev–Trinajstić information content (AvgIpc) is 3.17. The minimum Gasteiger partial charge on any atom is -0.345 e. The van der Waals surface area contributed by atoms with Crippen molar-refractivity contribution in [3.05, 3.63) is 101 Å². The molecule has 0 radical (unpaired) electrons. The van der Waals surface area contributed by atoms with Gasteiger partial charge in [-0.05, 0) is 35.4 Å². The molecule has 1 atom stereocenters. The number of fused-ring (bicyclic) bond motifs is 1. The molecule has 1 aromatic heterocycles. The zero-order valence-electron chi connectivity index (χ0n) is 14.8. The van der Waals surface area contributed by atoms with E-state index in [0.29, 0.717) is 0 Å². The molecule has 3 aromatic carbocycles. The molecule has 4 nitrogen and oxygen atoms in total. The summed E-state index contributed by atoms with van der Waals surface area (Å²) >= 11 is 6.07. The van der Waals surface area contributed by atoms with Crippen LogP contribution in [0.4, 0.5) is 4.39 Å². The first-order valence-corrected chi connectivity index (χ1v) is 9.20.